The Hall–Kier alpha value is -0.120. The molecule has 2 rings (SSSR count). The van der Waals surface area contributed by atoms with Crippen LogP contribution in [0.5, 0.6) is 0 Å². The van der Waals surface area contributed by atoms with Gasteiger partial charge in [0.1, 0.15) is 0 Å². The van der Waals surface area contributed by atoms with Crippen molar-refractivity contribution in [3.05, 3.63) is 0 Å². The maximum atomic E-state index is 9.68. The molecule has 3 heteroatoms. The zero-order chi connectivity index (χ0) is 13.7. The third-order valence-electron chi connectivity index (χ3n) is 5.55. The molecule has 2 N–H and O–H groups in total. The topological polar surface area (TPSA) is 35.5 Å². The lowest BCUT2D eigenvalue weighted by molar-refractivity contribution is 0.0654. The lowest BCUT2D eigenvalue weighted by atomic mass is 9.78. The number of nitrogens with one attached hydrogen (secondary N) is 1. The molecule has 0 heterocycles. The summed E-state index contributed by atoms with van der Waals surface area (Å²) in [5.74, 6) is 0.916. The van der Waals surface area contributed by atoms with Crippen LogP contribution in [0.3, 0.4) is 0 Å². The maximum Gasteiger partial charge on any atom is 0.0613 e. The van der Waals surface area contributed by atoms with Crippen molar-refractivity contribution >= 4 is 0 Å². The van der Waals surface area contributed by atoms with Crippen molar-refractivity contribution in [2.75, 3.05) is 27.2 Å². The molecule has 2 aliphatic carbocycles. The molecule has 2 saturated carbocycles. The molecular formula is C16H32N2O. The minimum atomic E-state index is -0.0241. The van der Waals surface area contributed by atoms with Gasteiger partial charge in [0.05, 0.1) is 6.61 Å². The van der Waals surface area contributed by atoms with Crippen LogP contribution in [0.4, 0.5) is 0 Å². The van der Waals surface area contributed by atoms with Crippen LogP contribution < -0.4 is 5.32 Å². The number of likely N-dealkylation sites (N-methyl/N-ethyl adjacent to an activating group) is 1. The van der Waals surface area contributed by atoms with Gasteiger partial charge in [0, 0.05) is 18.1 Å². The molecule has 0 aromatic carbocycles. The van der Waals surface area contributed by atoms with Gasteiger partial charge in [-0.25, -0.2) is 0 Å². The number of aliphatic hydroxyl groups excluding tert-OH is 1. The van der Waals surface area contributed by atoms with E-state index in [0.717, 1.165) is 18.8 Å². The Balaban J connectivity index is 1.85. The van der Waals surface area contributed by atoms with Crippen molar-refractivity contribution in [3.8, 4) is 0 Å². The van der Waals surface area contributed by atoms with E-state index in [4.69, 9.17) is 0 Å². The summed E-state index contributed by atoms with van der Waals surface area (Å²) in [5.41, 5.74) is -0.0241. The van der Waals surface area contributed by atoms with Crippen LogP contribution >= 0.6 is 0 Å². The van der Waals surface area contributed by atoms with Gasteiger partial charge in [0.25, 0.3) is 0 Å². The number of rotatable bonds is 5. The number of aliphatic hydroxyl groups is 1. The first-order valence-electron chi connectivity index (χ1n) is 8.19. The summed E-state index contributed by atoms with van der Waals surface area (Å²) in [6, 6.07) is 0.648. The van der Waals surface area contributed by atoms with E-state index in [1.54, 1.807) is 0 Å². The smallest absolute Gasteiger partial charge is 0.0613 e. The molecule has 0 spiro atoms. The maximum absolute atomic E-state index is 9.68. The van der Waals surface area contributed by atoms with Gasteiger partial charge < -0.3 is 15.3 Å². The first-order valence-corrected chi connectivity index (χ1v) is 8.19. The van der Waals surface area contributed by atoms with E-state index in [1.807, 2.05) is 7.05 Å². The summed E-state index contributed by atoms with van der Waals surface area (Å²) in [5, 5.41) is 13.1. The number of nitrogens with zero attached hydrogens (tertiary/aromatic N) is 1. The molecule has 0 saturated heterocycles. The Morgan fingerprint density at radius 2 is 1.89 bits per heavy atom. The lowest BCUT2D eigenvalue weighted by Crippen LogP contribution is -2.54. The van der Waals surface area contributed by atoms with E-state index >= 15 is 0 Å². The number of hydrogen-bond donors (Lipinski definition) is 2. The van der Waals surface area contributed by atoms with Crippen molar-refractivity contribution in [1.82, 2.24) is 10.2 Å². The van der Waals surface area contributed by atoms with E-state index in [0.29, 0.717) is 6.04 Å². The van der Waals surface area contributed by atoms with Gasteiger partial charge >= 0.3 is 0 Å². The quantitative estimate of drug-likeness (QED) is 0.803. The van der Waals surface area contributed by atoms with Crippen LogP contribution in [-0.2, 0) is 0 Å². The van der Waals surface area contributed by atoms with Crippen LogP contribution in [0.1, 0.15) is 57.8 Å². The van der Waals surface area contributed by atoms with Gasteiger partial charge in [-0.3, -0.25) is 0 Å². The summed E-state index contributed by atoms with van der Waals surface area (Å²) < 4.78 is 0. The third-order valence-corrected chi connectivity index (χ3v) is 5.55. The highest BCUT2D eigenvalue weighted by Crippen LogP contribution is 2.32. The summed E-state index contributed by atoms with van der Waals surface area (Å²) in [6.07, 6.45) is 11.9. The average Bonchev–Trinajstić information content (AvgIpc) is 2.48. The largest absolute Gasteiger partial charge is 0.394 e. The Kier molecular flexibility index (Phi) is 5.67. The summed E-state index contributed by atoms with van der Waals surface area (Å²) >= 11 is 0. The van der Waals surface area contributed by atoms with E-state index in [9.17, 15) is 5.11 Å². The van der Waals surface area contributed by atoms with Crippen LogP contribution in [0.25, 0.3) is 0 Å². The number of hydrogen-bond acceptors (Lipinski definition) is 3. The zero-order valence-corrected chi connectivity index (χ0v) is 12.8. The summed E-state index contributed by atoms with van der Waals surface area (Å²) in [4.78, 5) is 2.58. The fourth-order valence-electron chi connectivity index (χ4n) is 4.08. The van der Waals surface area contributed by atoms with Gasteiger partial charge in [-0.2, -0.15) is 0 Å². The second kappa shape index (κ2) is 7.05. The Morgan fingerprint density at radius 1 is 1.16 bits per heavy atom. The highest BCUT2D eigenvalue weighted by Gasteiger charge is 2.36. The molecular weight excluding hydrogens is 236 g/mol. The van der Waals surface area contributed by atoms with Crippen LogP contribution in [0, 0.1) is 5.92 Å². The highest BCUT2D eigenvalue weighted by molar-refractivity contribution is 4.95. The third kappa shape index (κ3) is 3.93. The molecule has 2 aliphatic rings. The molecule has 0 aromatic heterocycles. The van der Waals surface area contributed by atoms with Gasteiger partial charge in [-0.05, 0) is 58.5 Å². The fourth-order valence-corrected chi connectivity index (χ4v) is 4.08. The molecule has 0 aromatic rings. The molecule has 2 unspecified atom stereocenters. The van der Waals surface area contributed by atoms with Crippen LogP contribution in [-0.4, -0.2) is 48.8 Å². The van der Waals surface area contributed by atoms with Gasteiger partial charge in [-0.1, -0.05) is 19.3 Å². The van der Waals surface area contributed by atoms with Crippen molar-refractivity contribution in [2.45, 2.75) is 69.4 Å². The molecule has 2 fully saturated rings. The lowest BCUT2D eigenvalue weighted by Gasteiger charge is -2.43. The fraction of sp³-hybridized carbons (Fsp3) is 1.00. The SMILES string of the molecule is CNC1(CO)CCCC(N(C)CC2CCCCC2)C1. The molecule has 19 heavy (non-hydrogen) atoms. The normalized spacial score (nSPS) is 33.8. The second-order valence-corrected chi connectivity index (χ2v) is 6.88. The molecule has 2 atom stereocenters. The monoisotopic (exact) mass is 268 g/mol. The summed E-state index contributed by atoms with van der Waals surface area (Å²) in [7, 11) is 4.29. The minimum Gasteiger partial charge on any atom is -0.394 e. The van der Waals surface area contributed by atoms with Crippen molar-refractivity contribution < 1.29 is 5.11 Å². The first-order chi connectivity index (χ1) is 9.19. The summed E-state index contributed by atoms with van der Waals surface area (Å²) in [6.45, 7) is 1.53. The molecule has 3 nitrogen and oxygen atoms in total. The predicted octanol–water partition coefficient (Wildman–Crippen LogP) is 2.39. The molecule has 112 valence electrons. The minimum absolute atomic E-state index is 0.0241. The molecule has 0 aliphatic heterocycles. The molecule has 0 radical (unpaired) electrons. The Labute approximate surface area is 118 Å². The predicted molar refractivity (Wildman–Crippen MR) is 80.3 cm³/mol. The standard InChI is InChI=1S/C16H32N2O/c1-17-16(13-19)10-6-9-15(11-16)18(2)12-14-7-4-3-5-8-14/h14-15,17,19H,3-13H2,1-2H3. The van der Waals surface area contributed by atoms with Crippen molar-refractivity contribution in [2.24, 2.45) is 5.92 Å². The van der Waals surface area contributed by atoms with Crippen molar-refractivity contribution in [1.29, 1.82) is 0 Å². The molecule has 0 bridgehead atoms. The van der Waals surface area contributed by atoms with Crippen LogP contribution in [0.15, 0.2) is 0 Å². The van der Waals surface area contributed by atoms with Gasteiger partial charge in [0.2, 0.25) is 0 Å². The van der Waals surface area contributed by atoms with Gasteiger partial charge in [0.15, 0.2) is 0 Å². The average molecular weight is 268 g/mol. The van der Waals surface area contributed by atoms with Gasteiger partial charge in [-0.15, -0.1) is 0 Å². The van der Waals surface area contributed by atoms with Crippen molar-refractivity contribution in [3.63, 3.8) is 0 Å². The highest BCUT2D eigenvalue weighted by atomic mass is 16.3. The van der Waals surface area contributed by atoms with Crippen LogP contribution in [0.2, 0.25) is 0 Å². The Bertz CT molecular complexity index is 259. The molecule has 0 amide bonds. The Morgan fingerprint density at radius 3 is 2.53 bits per heavy atom. The zero-order valence-electron chi connectivity index (χ0n) is 12.8. The van der Waals surface area contributed by atoms with E-state index < -0.39 is 0 Å². The first kappa shape index (κ1) is 15.3. The second-order valence-electron chi connectivity index (χ2n) is 6.88. The van der Waals surface area contributed by atoms with E-state index in [-0.39, 0.29) is 12.1 Å². The van der Waals surface area contributed by atoms with E-state index in [1.165, 1.54) is 51.5 Å². The van der Waals surface area contributed by atoms with E-state index in [2.05, 4.69) is 17.3 Å².